The van der Waals surface area contributed by atoms with Crippen LogP contribution in [0.1, 0.15) is 19.3 Å². The molecule has 2 fully saturated rings. The van der Waals surface area contributed by atoms with Gasteiger partial charge in [0.1, 0.15) is 0 Å². The molecule has 2 unspecified atom stereocenters. The molecule has 2 aliphatic heterocycles. The van der Waals surface area contributed by atoms with Gasteiger partial charge in [0.05, 0.1) is 0 Å². The summed E-state index contributed by atoms with van der Waals surface area (Å²) in [7, 11) is 4.34. The molecule has 0 aliphatic carbocycles. The van der Waals surface area contributed by atoms with Crippen LogP contribution in [0.3, 0.4) is 0 Å². The molecule has 1 N–H and O–H groups in total. The zero-order chi connectivity index (χ0) is 10.7. The van der Waals surface area contributed by atoms with Gasteiger partial charge in [-0.15, -0.1) is 0 Å². The van der Waals surface area contributed by atoms with Crippen LogP contribution in [0.25, 0.3) is 0 Å². The molecule has 0 amide bonds. The molecular formula is C12H25N3. The van der Waals surface area contributed by atoms with Crippen molar-refractivity contribution in [1.29, 1.82) is 0 Å². The van der Waals surface area contributed by atoms with Gasteiger partial charge in [0.25, 0.3) is 0 Å². The highest BCUT2D eigenvalue weighted by Crippen LogP contribution is 2.20. The Balaban J connectivity index is 1.72. The molecule has 0 aromatic carbocycles. The Morgan fingerprint density at radius 2 is 2.13 bits per heavy atom. The topological polar surface area (TPSA) is 18.5 Å². The van der Waals surface area contributed by atoms with Crippen molar-refractivity contribution in [1.82, 2.24) is 15.1 Å². The van der Waals surface area contributed by atoms with Crippen molar-refractivity contribution in [2.45, 2.75) is 25.3 Å². The average Bonchev–Trinajstić information content (AvgIpc) is 2.79. The van der Waals surface area contributed by atoms with Gasteiger partial charge >= 0.3 is 0 Å². The SMILES string of the molecule is CNCC1CCN(CC2CCCN2C)C1. The molecule has 15 heavy (non-hydrogen) atoms. The number of likely N-dealkylation sites (N-methyl/N-ethyl adjacent to an activating group) is 1. The fraction of sp³-hybridized carbons (Fsp3) is 1.00. The predicted molar refractivity (Wildman–Crippen MR) is 64.1 cm³/mol. The minimum atomic E-state index is 0.832. The van der Waals surface area contributed by atoms with Gasteiger partial charge in [-0.2, -0.15) is 0 Å². The van der Waals surface area contributed by atoms with E-state index in [1.54, 1.807) is 0 Å². The van der Waals surface area contributed by atoms with E-state index < -0.39 is 0 Å². The summed E-state index contributed by atoms with van der Waals surface area (Å²) in [4.78, 5) is 5.19. The summed E-state index contributed by atoms with van der Waals surface area (Å²) in [6, 6.07) is 0.832. The molecule has 88 valence electrons. The number of nitrogens with one attached hydrogen (secondary N) is 1. The summed E-state index contributed by atoms with van der Waals surface area (Å²) >= 11 is 0. The van der Waals surface area contributed by atoms with Gasteiger partial charge in [-0.05, 0) is 58.9 Å². The maximum absolute atomic E-state index is 3.30. The first-order chi connectivity index (χ1) is 7.29. The summed E-state index contributed by atoms with van der Waals surface area (Å²) in [6.45, 7) is 6.42. The van der Waals surface area contributed by atoms with E-state index in [2.05, 4.69) is 29.2 Å². The Hall–Kier alpha value is -0.120. The first-order valence-electron chi connectivity index (χ1n) is 6.37. The smallest absolute Gasteiger partial charge is 0.0220 e. The highest BCUT2D eigenvalue weighted by molar-refractivity contribution is 4.84. The van der Waals surface area contributed by atoms with Gasteiger partial charge in [-0.3, -0.25) is 0 Å². The Morgan fingerprint density at radius 3 is 2.80 bits per heavy atom. The molecule has 2 aliphatic rings. The lowest BCUT2D eigenvalue weighted by Crippen LogP contribution is -2.37. The molecule has 2 atom stereocenters. The van der Waals surface area contributed by atoms with Crippen LogP contribution in [0.2, 0.25) is 0 Å². The van der Waals surface area contributed by atoms with Crippen molar-refractivity contribution in [2.24, 2.45) is 5.92 Å². The van der Waals surface area contributed by atoms with Crippen LogP contribution in [0.4, 0.5) is 0 Å². The standard InChI is InChI=1S/C12H25N3/c1-13-8-11-5-7-15(9-11)10-12-4-3-6-14(12)2/h11-13H,3-10H2,1-2H3. The lowest BCUT2D eigenvalue weighted by molar-refractivity contribution is 0.215. The fourth-order valence-electron chi connectivity index (χ4n) is 3.04. The van der Waals surface area contributed by atoms with Crippen LogP contribution in [0, 0.1) is 5.92 Å². The van der Waals surface area contributed by atoms with Gasteiger partial charge in [0, 0.05) is 19.1 Å². The minimum absolute atomic E-state index is 0.832. The normalized spacial score (nSPS) is 34.0. The summed E-state index contributed by atoms with van der Waals surface area (Å²) < 4.78 is 0. The van der Waals surface area contributed by atoms with E-state index in [0.29, 0.717) is 0 Å². The third-order valence-corrected chi connectivity index (χ3v) is 4.00. The van der Waals surface area contributed by atoms with Crippen molar-refractivity contribution in [3.63, 3.8) is 0 Å². The lowest BCUT2D eigenvalue weighted by Gasteiger charge is -2.25. The Labute approximate surface area is 93.8 Å². The Bertz CT molecular complexity index is 195. The Morgan fingerprint density at radius 1 is 1.27 bits per heavy atom. The molecule has 2 rings (SSSR count). The second-order valence-electron chi connectivity index (χ2n) is 5.25. The zero-order valence-corrected chi connectivity index (χ0v) is 10.2. The van der Waals surface area contributed by atoms with E-state index in [0.717, 1.165) is 12.0 Å². The van der Waals surface area contributed by atoms with Crippen molar-refractivity contribution in [2.75, 3.05) is 46.8 Å². The van der Waals surface area contributed by atoms with Gasteiger partial charge in [-0.25, -0.2) is 0 Å². The number of hydrogen-bond acceptors (Lipinski definition) is 3. The van der Waals surface area contributed by atoms with E-state index in [9.17, 15) is 0 Å². The third-order valence-electron chi connectivity index (χ3n) is 4.00. The average molecular weight is 211 g/mol. The molecular weight excluding hydrogens is 186 g/mol. The summed E-state index contributed by atoms with van der Waals surface area (Å²) in [5.41, 5.74) is 0. The molecule has 2 heterocycles. The van der Waals surface area contributed by atoms with E-state index in [1.165, 1.54) is 52.0 Å². The number of hydrogen-bond donors (Lipinski definition) is 1. The maximum atomic E-state index is 3.30. The van der Waals surface area contributed by atoms with Crippen molar-refractivity contribution < 1.29 is 0 Å². The Kier molecular flexibility index (Phi) is 4.00. The van der Waals surface area contributed by atoms with Crippen molar-refractivity contribution >= 4 is 0 Å². The number of rotatable bonds is 4. The predicted octanol–water partition coefficient (Wildman–Crippen LogP) is 0.622. The highest BCUT2D eigenvalue weighted by Gasteiger charge is 2.27. The van der Waals surface area contributed by atoms with E-state index in [4.69, 9.17) is 0 Å². The molecule has 3 heteroatoms. The second-order valence-corrected chi connectivity index (χ2v) is 5.25. The van der Waals surface area contributed by atoms with Crippen LogP contribution < -0.4 is 5.32 Å². The molecule has 0 saturated carbocycles. The van der Waals surface area contributed by atoms with Gasteiger partial charge in [0.15, 0.2) is 0 Å². The first kappa shape index (κ1) is 11.4. The summed E-state index contributed by atoms with van der Waals surface area (Å²) in [5.74, 6) is 0.890. The van der Waals surface area contributed by atoms with E-state index in [1.807, 2.05) is 0 Å². The van der Waals surface area contributed by atoms with E-state index >= 15 is 0 Å². The molecule has 3 nitrogen and oxygen atoms in total. The van der Waals surface area contributed by atoms with Crippen LogP contribution in [-0.4, -0.2) is 62.7 Å². The molecule has 0 aromatic rings. The third kappa shape index (κ3) is 2.92. The second kappa shape index (κ2) is 5.28. The molecule has 2 saturated heterocycles. The van der Waals surface area contributed by atoms with Crippen molar-refractivity contribution in [3.05, 3.63) is 0 Å². The van der Waals surface area contributed by atoms with Crippen LogP contribution in [0.15, 0.2) is 0 Å². The summed E-state index contributed by atoms with van der Waals surface area (Å²) in [6.07, 6.45) is 4.19. The van der Waals surface area contributed by atoms with Gasteiger partial charge < -0.3 is 15.1 Å². The molecule has 0 aromatic heterocycles. The van der Waals surface area contributed by atoms with Crippen LogP contribution in [-0.2, 0) is 0 Å². The first-order valence-corrected chi connectivity index (χ1v) is 6.37. The van der Waals surface area contributed by atoms with Crippen molar-refractivity contribution in [3.8, 4) is 0 Å². The van der Waals surface area contributed by atoms with Gasteiger partial charge in [-0.1, -0.05) is 0 Å². The largest absolute Gasteiger partial charge is 0.319 e. The minimum Gasteiger partial charge on any atom is -0.319 e. The molecule has 0 bridgehead atoms. The van der Waals surface area contributed by atoms with E-state index in [-0.39, 0.29) is 0 Å². The zero-order valence-electron chi connectivity index (χ0n) is 10.2. The highest BCUT2D eigenvalue weighted by atomic mass is 15.2. The van der Waals surface area contributed by atoms with Crippen LogP contribution >= 0.6 is 0 Å². The molecule has 0 radical (unpaired) electrons. The van der Waals surface area contributed by atoms with Crippen LogP contribution in [0.5, 0.6) is 0 Å². The number of likely N-dealkylation sites (tertiary alicyclic amines) is 2. The number of nitrogens with zero attached hydrogens (tertiary/aromatic N) is 2. The molecule has 0 spiro atoms. The quantitative estimate of drug-likeness (QED) is 0.735. The maximum Gasteiger partial charge on any atom is 0.0220 e. The monoisotopic (exact) mass is 211 g/mol. The van der Waals surface area contributed by atoms with Gasteiger partial charge in [0.2, 0.25) is 0 Å². The fourth-order valence-corrected chi connectivity index (χ4v) is 3.04. The summed E-state index contributed by atoms with van der Waals surface area (Å²) in [5, 5.41) is 3.30. The lowest BCUT2D eigenvalue weighted by atomic mass is 10.1.